The summed E-state index contributed by atoms with van der Waals surface area (Å²) in [6.07, 6.45) is 2.63. The number of ether oxygens (including phenoxy) is 1. The number of nitrogens with zero attached hydrogens (tertiary/aromatic N) is 1. The summed E-state index contributed by atoms with van der Waals surface area (Å²) in [5.74, 6) is 0.932. The first-order chi connectivity index (χ1) is 9.19. The number of H-pyrrole nitrogens is 1. The van der Waals surface area contributed by atoms with Gasteiger partial charge in [-0.15, -0.1) is 0 Å². The molecule has 0 atom stereocenters. The van der Waals surface area contributed by atoms with Crippen LogP contribution in [0.3, 0.4) is 0 Å². The molecule has 2 aromatic rings. The van der Waals surface area contributed by atoms with Crippen molar-refractivity contribution in [1.29, 1.82) is 0 Å². The summed E-state index contributed by atoms with van der Waals surface area (Å²) in [5.41, 5.74) is 1.89. The summed E-state index contributed by atoms with van der Waals surface area (Å²) in [7, 11) is 0. The van der Waals surface area contributed by atoms with Gasteiger partial charge in [-0.2, -0.15) is 0 Å². The molecule has 0 radical (unpaired) electrons. The highest BCUT2D eigenvalue weighted by atomic mass is 16.5. The molecular formula is C14H18N2O3. The van der Waals surface area contributed by atoms with Crippen LogP contribution in [0.4, 0.5) is 0 Å². The molecule has 5 nitrogen and oxygen atoms in total. The molecule has 19 heavy (non-hydrogen) atoms. The molecule has 0 spiro atoms. The molecule has 1 aromatic carbocycles. The van der Waals surface area contributed by atoms with Crippen LogP contribution in [0.25, 0.3) is 11.0 Å². The fraction of sp³-hybridized carbons (Fsp3) is 0.429. The fourth-order valence-electron chi connectivity index (χ4n) is 1.90. The van der Waals surface area contributed by atoms with Crippen LogP contribution < -0.4 is 4.74 Å². The number of imidazole rings is 1. The highest BCUT2D eigenvalue weighted by molar-refractivity contribution is 5.76. The van der Waals surface area contributed by atoms with Crippen molar-refractivity contribution >= 4 is 17.0 Å². The maximum absolute atomic E-state index is 10.4. The molecule has 0 aliphatic carbocycles. The van der Waals surface area contributed by atoms with Gasteiger partial charge in [-0.25, -0.2) is 4.98 Å². The smallest absolute Gasteiger partial charge is 0.303 e. The molecule has 5 heteroatoms. The van der Waals surface area contributed by atoms with Crippen molar-refractivity contribution < 1.29 is 14.6 Å². The zero-order valence-electron chi connectivity index (χ0n) is 11.0. The van der Waals surface area contributed by atoms with Gasteiger partial charge < -0.3 is 14.8 Å². The molecule has 0 unspecified atom stereocenters. The number of nitrogens with one attached hydrogen (secondary N) is 1. The zero-order valence-corrected chi connectivity index (χ0v) is 11.0. The third-order valence-electron chi connectivity index (χ3n) is 2.79. The molecule has 0 bridgehead atoms. The van der Waals surface area contributed by atoms with Gasteiger partial charge in [0.1, 0.15) is 11.6 Å². The van der Waals surface area contributed by atoms with E-state index >= 15 is 0 Å². The molecular weight excluding hydrogens is 244 g/mol. The molecule has 102 valence electrons. The number of hydrogen-bond acceptors (Lipinski definition) is 3. The number of aliphatic carboxylic acids is 1. The van der Waals surface area contributed by atoms with Gasteiger partial charge in [0.25, 0.3) is 0 Å². The standard InChI is InChI=1S/C14H18N2O3/c1-2-4-13-15-11-7-6-10(9-12(11)16-13)19-8-3-5-14(17)18/h6-7,9H,2-5,8H2,1H3,(H,15,16)(H,17,18). The van der Waals surface area contributed by atoms with Crippen LogP contribution in [0, 0.1) is 0 Å². The number of aromatic nitrogens is 2. The van der Waals surface area contributed by atoms with Gasteiger partial charge in [-0.05, 0) is 25.0 Å². The Morgan fingerprint density at radius 3 is 3.05 bits per heavy atom. The Morgan fingerprint density at radius 1 is 1.47 bits per heavy atom. The van der Waals surface area contributed by atoms with E-state index in [9.17, 15) is 4.79 Å². The van der Waals surface area contributed by atoms with E-state index in [1.54, 1.807) is 0 Å². The highest BCUT2D eigenvalue weighted by Crippen LogP contribution is 2.19. The third kappa shape index (κ3) is 3.71. The van der Waals surface area contributed by atoms with Crippen LogP contribution in [0.15, 0.2) is 18.2 Å². The van der Waals surface area contributed by atoms with Crippen molar-refractivity contribution in [2.24, 2.45) is 0 Å². The molecule has 0 aliphatic heterocycles. The van der Waals surface area contributed by atoms with Crippen molar-refractivity contribution in [3.8, 4) is 5.75 Å². The number of rotatable bonds is 7. The number of carboxylic acid groups (broad SMARTS) is 1. The predicted octanol–water partition coefficient (Wildman–Crippen LogP) is 2.76. The second kappa shape index (κ2) is 6.22. The van der Waals surface area contributed by atoms with E-state index in [2.05, 4.69) is 16.9 Å². The Balaban J connectivity index is 1.98. The summed E-state index contributed by atoms with van der Waals surface area (Å²) in [6.45, 7) is 2.53. The van der Waals surface area contributed by atoms with Crippen molar-refractivity contribution in [3.63, 3.8) is 0 Å². The third-order valence-corrected chi connectivity index (χ3v) is 2.79. The van der Waals surface area contributed by atoms with E-state index in [1.807, 2.05) is 18.2 Å². The second-order valence-corrected chi connectivity index (χ2v) is 4.46. The van der Waals surface area contributed by atoms with Gasteiger partial charge in [-0.3, -0.25) is 4.79 Å². The summed E-state index contributed by atoms with van der Waals surface area (Å²) < 4.78 is 5.52. The molecule has 2 rings (SSSR count). The van der Waals surface area contributed by atoms with E-state index in [-0.39, 0.29) is 6.42 Å². The van der Waals surface area contributed by atoms with Crippen molar-refractivity contribution in [3.05, 3.63) is 24.0 Å². The summed E-state index contributed by atoms with van der Waals surface area (Å²) in [5, 5.41) is 8.54. The lowest BCUT2D eigenvalue weighted by Gasteiger charge is -2.04. The number of benzene rings is 1. The van der Waals surface area contributed by atoms with E-state index in [0.717, 1.165) is 35.4 Å². The van der Waals surface area contributed by atoms with Gasteiger partial charge in [0.2, 0.25) is 0 Å². The topological polar surface area (TPSA) is 75.2 Å². The van der Waals surface area contributed by atoms with Crippen molar-refractivity contribution in [1.82, 2.24) is 9.97 Å². The van der Waals surface area contributed by atoms with Gasteiger partial charge in [0.05, 0.1) is 17.6 Å². The number of carbonyl (C=O) groups is 1. The highest BCUT2D eigenvalue weighted by Gasteiger charge is 2.04. The lowest BCUT2D eigenvalue weighted by atomic mass is 10.3. The minimum Gasteiger partial charge on any atom is -0.494 e. The number of aryl methyl sites for hydroxylation is 1. The minimum atomic E-state index is -0.795. The quantitative estimate of drug-likeness (QED) is 0.752. The number of fused-ring (bicyclic) bond motifs is 1. The average molecular weight is 262 g/mol. The maximum Gasteiger partial charge on any atom is 0.303 e. The molecule has 0 saturated heterocycles. The van der Waals surface area contributed by atoms with Gasteiger partial charge in [-0.1, -0.05) is 6.92 Å². The maximum atomic E-state index is 10.4. The Hall–Kier alpha value is -2.04. The Morgan fingerprint density at radius 2 is 2.32 bits per heavy atom. The first-order valence-corrected chi connectivity index (χ1v) is 6.52. The van der Waals surface area contributed by atoms with Gasteiger partial charge in [0, 0.05) is 18.9 Å². The van der Waals surface area contributed by atoms with Crippen molar-refractivity contribution in [2.75, 3.05) is 6.61 Å². The first kappa shape index (κ1) is 13.4. The van der Waals surface area contributed by atoms with E-state index < -0.39 is 5.97 Å². The van der Waals surface area contributed by atoms with Gasteiger partial charge >= 0.3 is 5.97 Å². The molecule has 2 N–H and O–H groups in total. The second-order valence-electron chi connectivity index (χ2n) is 4.46. The molecule has 0 aliphatic rings. The lowest BCUT2D eigenvalue weighted by molar-refractivity contribution is -0.137. The Bertz CT molecular complexity index is 563. The zero-order chi connectivity index (χ0) is 13.7. The largest absolute Gasteiger partial charge is 0.494 e. The minimum absolute atomic E-state index is 0.132. The van der Waals surface area contributed by atoms with E-state index in [1.165, 1.54) is 0 Å². The SMILES string of the molecule is CCCc1nc2ccc(OCCCC(=O)O)cc2[nH]1. The first-order valence-electron chi connectivity index (χ1n) is 6.52. The summed E-state index contributed by atoms with van der Waals surface area (Å²) in [4.78, 5) is 18.1. The van der Waals surface area contributed by atoms with Crippen LogP contribution in [0.5, 0.6) is 5.75 Å². The Labute approximate surface area is 111 Å². The fourth-order valence-corrected chi connectivity index (χ4v) is 1.90. The number of carboxylic acids is 1. The van der Waals surface area contributed by atoms with Crippen LogP contribution in [-0.4, -0.2) is 27.7 Å². The predicted molar refractivity (Wildman–Crippen MR) is 72.5 cm³/mol. The normalized spacial score (nSPS) is 10.8. The van der Waals surface area contributed by atoms with Crippen LogP contribution in [0.2, 0.25) is 0 Å². The number of hydrogen-bond donors (Lipinski definition) is 2. The van der Waals surface area contributed by atoms with Crippen LogP contribution in [0.1, 0.15) is 32.0 Å². The van der Waals surface area contributed by atoms with E-state index in [0.29, 0.717) is 13.0 Å². The molecule has 1 aromatic heterocycles. The molecule has 1 heterocycles. The number of aromatic amines is 1. The van der Waals surface area contributed by atoms with Crippen LogP contribution >= 0.6 is 0 Å². The lowest BCUT2D eigenvalue weighted by Crippen LogP contribution is -2.01. The molecule has 0 saturated carbocycles. The monoisotopic (exact) mass is 262 g/mol. The summed E-state index contributed by atoms with van der Waals surface area (Å²) in [6, 6.07) is 5.68. The van der Waals surface area contributed by atoms with E-state index in [4.69, 9.17) is 9.84 Å². The molecule has 0 amide bonds. The molecule has 0 fully saturated rings. The van der Waals surface area contributed by atoms with Crippen molar-refractivity contribution in [2.45, 2.75) is 32.6 Å². The Kier molecular flexibility index (Phi) is 4.39. The average Bonchev–Trinajstić information content (AvgIpc) is 2.76. The van der Waals surface area contributed by atoms with Gasteiger partial charge in [0.15, 0.2) is 0 Å². The summed E-state index contributed by atoms with van der Waals surface area (Å²) >= 11 is 0. The van der Waals surface area contributed by atoms with Crippen LogP contribution in [-0.2, 0) is 11.2 Å².